The normalized spacial score (nSPS) is 13.3. The van der Waals surface area contributed by atoms with Crippen LogP contribution in [0.4, 0.5) is 0 Å². The summed E-state index contributed by atoms with van der Waals surface area (Å²) in [5.74, 6) is -1.01. The van der Waals surface area contributed by atoms with Gasteiger partial charge in [0.15, 0.2) is 6.10 Å². The third kappa shape index (κ3) is 56.0. The molecule has 0 aromatic carbocycles. The number of unbranched alkanes of at least 4 members (excludes halogenated alkanes) is 12. The molecule has 6 heteroatoms. The van der Waals surface area contributed by atoms with E-state index in [0.717, 1.165) is 141 Å². The van der Waals surface area contributed by atoms with Crippen LogP contribution in [0.15, 0.2) is 158 Å². The molecule has 72 heavy (non-hydrogen) atoms. The SMILES string of the molecule is CC/C=C\C/C=C\C/C=C\C/C=C\C/C=C\C/C=C\C/C=C\C/C=C\C/C=C\CCCC(=O)OCC(COC(=O)CCCCCCCCCC)OC(=O)CCCCCC/C=C\C/C=C\C/C=C\C/C=C\CC. The lowest BCUT2D eigenvalue weighted by Gasteiger charge is -2.18. The predicted octanol–water partition coefficient (Wildman–Crippen LogP) is 19.4. The summed E-state index contributed by atoms with van der Waals surface area (Å²) in [7, 11) is 0. The van der Waals surface area contributed by atoms with Crippen LogP contribution in [0.1, 0.15) is 220 Å². The second kappa shape index (κ2) is 58.6. The molecule has 6 nitrogen and oxygen atoms in total. The number of allylic oxidation sites excluding steroid dienone is 26. The maximum absolute atomic E-state index is 12.8. The van der Waals surface area contributed by atoms with Crippen LogP contribution in [0.3, 0.4) is 0 Å². The quantitative estimate of drug-likeness (QED) is 0.0262. The van der Waals surface area contributed by atoms with E-state index in [-0.39, 0.29) is 44.0 Å². The number of rotatable bonds is 49. The van der Waals surface area contributed by atoms with E-state index in [1.807, 2.05) is 0 Å². The first-order valence-electron chi connectivity index (χ1n) is 28.5. The molecule has 0 aliphatic carbocycles. The summed E-state index contributed by atoms with van der Waals surface area (Å²) in [6.07, 6.45) is 85.4. The number of esters is 3. The summed E-state index contributed by atoms with van der Waals surface area (Å²) < 4.78 is 16.7. The van der Waals surface area contributed by atoms with Gasteiger partial charge in [0.05, 0.1) is 0 Å². The van der Waals surface area contributed by atoms with Crippen LogP contribution in [-0.2, 0) is 28.6 Å². The van der Waals surface area contributed by atoms with Crippen LogP contribution in [0.25, 0.3) is 0 Å². The summed E-state index contributed by atoms with van der Waals surface area (Å²) in [4.78, 5) is 38.0. The van der Waals surface area contributed by atoms with Crippen LogP contribution in [0, 0.1) is 0 Å². The Balaban J connectivity index is 4.40. The first kappa shape index (κ1) is 67.0. The minimum atomic E-state index is -0.819. The Morgan fingerprint density at radius 3 is 0.903 bits per heavy atom. The van der Waals surface area contributed by atoms with Crippen LogP contribution in [0.5, 0.6) is 0 Å². The average molecular weight is 992 g/mol. The zero-order valence-corrected chi connectivity index (χ0v) is 45.9. The fraction of sp³-hybridized carbons (Fsp3) is 0.561. The average Bonchev–Trinajstić information content (AvgIpc) is 3.38. The maximum atomic E-state index is 12.8. The number of carbonyl (C=O) groups excluding carboxylic acids is 3. The van der Waals surface area contributed by atoms with Crippen molar-refractivity contribution < 1.29 is 28.6 Å². The standard InChI is InChI=1S/C66H102O6/c1-4-7-10-13-16-19-21-23-25-27-28-29-30-31-32-33-34-35-36-37-38-40-41-43-45-47-50-53-56-59-65(68)71-62-63(61-70-64(67)58-55-52-49-18-15-12-9-6-3)72-66(69)60-57-54-51-48-46-44-42-39-26-24-22-20-17-14-11-8-5-2/h7-8,10-11,16-17,19-20,23-26,28-29,31-32,34-35,37-38,41-44,47,50,63H,4-6,9,12-15,18,21-22,27,30,33,36,39-40,45-46,48-49,51-62H2,1-3H3/b10-7-,11-8-,19-16-,20-17-,25-23-,26-24-,29-28-,32-31-,35-34-,38-37-,43-41-,44-42-,50-47-. The highest BCUT2D eigenvalue weighted by Crippen LogP contribution is 2.12. The van der Waals surface area contributed by atoms with Gasteiger partial charge in [-0.1, -0.05) is 237 Å². The van der Waals surface area contributed by atoms with Crippen molar-refractivity contribution >= 4 is 17.9 Å². The number of carbonyl (C=O) groups is 3. The molecule has 0 aromatic heterocycles. The van der Waals surface area contributed by atoms with Crippen LogP contribution in [-0.4, -0.2) is 37.2 Å². The minimum Gasteiger partial charge on any atom is -0.462 e. The summed E-state index contributed by atoms with van der Waals surface area (Å²) in [6.45, 7) is 6.29. The molecule has 0 amide bonds. The number of ether oxygens (including phenoxy) is 3. The van der Waals surface area contributed by atoms with Gasteiger partial charge in [-0.25, -0.2) is 0 Å². The van der Waals surface area contributed by atoms with Gasteiger partial charge in [-0.3, -0.25) is 14.4 Å². The molecule has 1 unspecified atom stereocenters. The van der Waals surface area contributed by atoms with Crippen LogP contribution >= 0.6 is 0 Å². The smallest absolute Gasteiger partial charge is 0.306 e. The lowest BCUT2D eigenvalue weighted by molar-refractivity contribution is -0.167. The molecule has 0 bridgehead atoms. The number of hydrogen-bond acceptors (Lipinski definition) is 6. The molecule has 0 aliphatic rings. The van der Waals surface area contributed by atoms with E-state index in [2.05, 4.69) is 179 Å². The van der Waals surface area contributed by atoms with E-state index in [1.54, 1.807) is 0 Å². The highest BCUT2D eigenvalue weighted by atomic mass is 16.6. The summed E-state index contributed by atoms with van der Waals surface area (Å²) in [5, 5.41) is 0. The van der Waals surface area contributed by atoms with Crippen molar-refractivity contribution in [1.29, 1.82) is 0 Å². The molecule has 0 spiro atoms. The van der Waals surface area contributed by atoms with Gasteiger partial charge in [-0.15, -0.1) is 0 Å². The van der Waals surface area contributed by atoms with Crippen molar-refractivity contribution in [3.05, 3.63) is 158 Å². The highest BCUT2D eigenvalue weighted by molar-refractivity contribution is 5.71. The van der Waals surface area contributed by atoms with Crippen LogP contribution < -0.4 is 0 Å². The number of hydrogen-bond donors (Lipinski definition) is 0. The van der Waals surface area contributed by atoms with Crippen molar-refractivity contribution in [2.75, 3.05) is 13.2 Å². The zero-order chi connectivity index (χ0) is 52.2. The van der Waals surface area contributed by atoms with Crippen LogP contribution in [0.2, 0.25) is 0 Å². The first-order valence-corrected chi connectivity index (χ1v) is 28.5. The largest absolute Gasteiger partial charge is 0.462 e. The fourth-order valence-electron chi connectivity index (χ4n) is 7.08. The highest BCUT2D eigenvalue weighted by Gasteiger charge is 2.19. The van der Waals surface area contributed by atoms with Gasteiger partial charge in [-0.05, 0) is 122 Å². The van der Waals surface area contributed by atoms with E-state index in [9.17, 15) is 14.4 Å². The Bertz CT molecular complexity index is 1660. The Kier molecular flexibility index (Phi) is 54.6. The van der Waals surface area contributed by atoms with Crippen molar-refractivity contribution in [2.45, 2.75) is 226 Å². The lowest BCUT2D eigenvalue weighted by Crippen LogP contribution is -2.30. The van der Waals surface area contributed by atoms with Gasteiger partial charge in [0.1, 0.15) is 13.2 Å². The van der Waals surface area contributed by atoms with Gasteiger partial charge in [0.25, 0.3) is 0 Å². The van der Waals surface area contributed by atoms with Crippen molar-refractivity contribution in [1.82, 2.24) is 0 Å². The molecular formula is C66H102O6. The van der Waals surface area contributed by atoms with E-state index >= 15 is 0 Å². The molecule has 0 N–H and O–H groups in total. The van der Waals surface area contributed by atoms with E-state index in [1.165, 1.54) is 32.1 Å². The van der Waals surface area contributed by atoms with E-state index in [0.29, 0.717) is 12.8 Å². The van der Waals surface area contributed by atoms with Crippen molar-refractivity contribution in [3.8, 4) is 0 Å². The Morgan fingerprint density at radius 2 is 0.556 bits per heavy atom. The second-order valence-corrected chi connectivity index (χ2v) is 18.1. The van der Waals surface area contributed by atoms with E-state index in [4.69, 9.17) is 14.2 Å². The molecule has 1 atom stereocenters. The molecule has 0 aliphatic heterocycles. The molecule has 0 saturated heterocycles. The van der Waals surface area contributed by atoms with Gasteiger partial charge in [0, 0.05) is 19.3 Å². The third-order valence-electron chi connectivity index (χ3n) is 11.3. The fourth-order valence-corrected chi connectivity index (χ4v) is 7.08. The van der Waals surface area contributed by atoms with Gasteiger partial charge < -0.3 is 14.2 Å². The van der Waals surface area contributed by atoms with Gasteiger partial charge in [-0.2, -0.15) is 0 Å². The molecule has 0 heterocycles. The molecule has 0 rings (SSSR count). The first-order chi connectivity index (χ1) is 35.5. The Labute approximate surface area is 441 Å². The summed E-state index contributed by atoms with van der Waals surface area (Å²) in [5.41, 5.74) is 0. The summed E-state index contributed by atoms with van der Waals surface area (Å²) >= 11 is 0. The zero-order valence-electron chi connectivity index (χ0n) is 45.9. The van der Waals surface area contributed by atoms with E-state index < -0.39 is 6.10 Å². The minimum absolute atomic E-state index is 0.112. The molecule has 0 radical (unpaired) electrons. The van der Waals surface area contributed by atoms with Crippen molar-refractivity contribution in [2.24, 2.45) is 0 Å². The molecule has 402 valence electrons. The maximum Gasteiger partial charge on any atom is 0.306 e. The molecular weight excluding hydrogens is 889 g/mol. The summed E-state index contributed by atoms with van der Waals surface area (Å²) in [6, 6.07) is 0. The Hall–Kier alpha value is -4.97. The molecule has 0 saturated carbocycles. The monoisotopic (exact) mass is 991 g/mol. The Morgan fingerprint density at radius 1 is 0.292 bits per heavy atom. The molecule has 0 aromatic rings. The van der Waals surface area contributed by atoms with Gasteiger partial charge >= 0.3 is 17.9 Å². The lowest BCUT2D eigenvalue weighted by atomic mass is 10.1. The van der Waals surface area contributed by atoms with Crippen molar-refractivity contribution in [3.63, 3.8) is 0 Å². The second-order valence-electron chi connectivity index (χ2n) is 18.1. The third-order valence-corrected chi connectivity index (χ3v) is 11.3. The topological polar surface area (TPSA) is 78.9 Å². The predicted molar refractivity (Wildman–Crippen MR) is 311 cm³/mol. The van der Waals surface area contributed by atoms with Gasteiger partial charge in [0.2, 0.25) is 0 Å². The molecule has 0 fully saturated rings.